The van der Waals surface area contributed by atoms with Crippen LogP contribution in [-0.4, -0.2) is 28.0 Å². The SMILES string of the molecule is CC(C)c1cn(C2CCC2)c2cc(N3CCC(=O)NC3=O)cnc12. The van der Waals surface area contributed by atoms with Gasteiger partial charge in [-0.1, -0.05) is 13.8 Å². The molecular formula is C18H22N4O2. The van der Waals surface area contributed by atoms with Crippen LogP contribution in [0.15, 0.2) is 18.5 Å². The van der Waals surface area contributed by atoms with Crippen molar-refractivity contribution in [2.24, 2.45) is 0 Å². The summed E-state index contributed by atoms with van der Waals surface area (Å²) in [4.78, 5) is 29.7. The zero-order valence-corrected chi connectivity index (χ0v) is 14.1. The number of fused-ring (bicyclic) bond motifs is 1. The van der Waals surface area contributed by atoms with Crippen molar-refractivity contribution in [3.63, 3.8) is 0 Å². The highest BCUT2D eigenvalue weighted by Crippen LogP contribution is 2.38. The highest BCUT2D eigenvalue weighted by Gasteiger charge is 2.27. The van der Waals surface area contributed by atoms with E-state index in [4.69, 9.17) is 0 Å². The number of aromatic nitrogens is 2. The van der Waals surface area contributed by atoms with E-state index in [1.165, 1.54) is 24.8 Å². The standard InChI is InChI=1S/C18H22N4O2/c1-11(2)14-10-22(12-4-3-5-12)15-8-13(9-19-17(14)15)21-7-6-16(23)20-18(21)24/h8-12H,3-7H2,1-2H3,(H,20,23,24). The van der Waals surface area contributed by atoms with Crippen LogP contribution in [0.5, 0.6) is 0 Å². The number of imide groups is 1. The Bertz CT molecular complexity index is 820. The number of carbonyl (C=O) groups is 2. The Labute approximate surface area is 140 Å². The monoisotopic (exact) mass is 326 g/mol. The first-order valence-corrected chi connectivity index (χ1v) is 8.66. The highest BCUT2D eigenvalue weighted by molar-refractivity contribution is 6.06. The molecule has 1 saturated carbocycles. The van der Waals surface area contributed by atoms with E-state index < -0.39 is 0 Å². The van der Waals surface area contributed by atoms with Crippen molar-refractivity contribution in [1.29, 1.82) is 0 Å². The minimum atomic E-state index is -0.363. The number of urea groups is 1. The molecule has 2 aromatic heterocycles. The molecule has 1 saturated heterocycles. The highest BCUT2D eigenvalue weighted by atomic mass is 16.2. The molecule has 0 spiro atoms. The summed E-state index contributed by atoms with van der Waals surface area (Å²) >= 11 is 0. The number of nitrogens with zero attached hydrogens (tertiary/aromatic N) is 3. The summed E-state index contributed by atoms with van der Waals surface area (Å²) in [5.41, 5.74) is 4.11. The molecule has 2 aromatic rings. The number of rotatable bonds is 3. The van der Waals surface area contributed by atoms with Gasteiger partial charge >= 0.3 is 6.03 Å². The van der Waals surface area contributed by atoms with Gasteiger partial charge in [-0.15, -0.1) is 0 Å². The molecule has 0 atom stereocenters. The van der Waals surface area contributed by atoms with Gasteiger partial charge < -0.3 is 4.57 Å². The fraction of sp³-hybridized carbons (Fsp3) is 0.500. The van der Waals surface area contributed by atoms with E-state index in [9.17, 15) is 9.59 Å². The molecule has 2 aliphatic rings. The van der Waals surface area contributed by atoms with Crippen LogP contribution in [0.25, 0.3) is 11.0 Å². The van der Waals surface area contributed by atoms with Gasteiger partial charge in [0.2, 0.25) is 5.91 Å². The van der Waals surface area contributed by atoms with Crippen LogP contribution in [0.2, 0.25) is 0 Å². The van der Waals surface area contributed by atoms with Gasteiger partial charge in [-0.05, 0) is 36.8 Å². The molecule has 0 unspecified atom stereocenters. The number of pyridine rings is 1. The molecular weight excluding hydrogens is 304 g/mol. The Kier molecular flexibility index (Phi) is 3.55. The van der Waals surface area contributed by atoms with Gasteiger partial charge in [0.25, 0.3) is 0 Å². The van der Waals surface area contributed by atoms with Crippen LogP contribution in [0.4, 0.5) is 10.5 Å². The van der Waals surface area contributed by atoms with E-state index in [1.54, 1.807) is 11.1 Å². The average Bonchev–Trinajstić information content (AvgIpc) is 2.84. The predicted molar refractivity (Wildman–Crippen MR) is 92.2 cm³/mol. The second-order valence-corrected chi connectivity index (χ2v) is 7.05. The lowest BCUT2D eigenvalue weighted by Gasteiger charge is -2.29. The summed E-state index contributed by atoms with van der Waals surface area (Å²) in [6.45, 7) is 4.76. The molecule has 0 radical (unpaired) electrons. The maximum absolute atomic E-state index is 12.1. The first kappa shape index (κ1) is 15.2. The van der Waals surface area contributed by atoms with Gasteiger partial charge in [0.15, 0.2) is 0 Å². The summed E-state index contributed by atoms with van der Waals surface area (Å²) in [5, 5.41) is 2.37. The van der Waals surface area contributed by atoms with Crippen molar-refractivity contribution in [1.82, 2.24) is 14.9 Å². The molecule has 126 valence electrons. The average molecular weight is 326 g/mol. The van der Waals surface area contributed by atoms with Crippen molar-refractivity contribution in [3.05, 3.63) is 24.0 Å². The first-order chi connectivity index (χ1) is 11.5. The zero-order valence-electron chi connectivity index (χ0n) is 14.1. The number of amides is 3. The number of anilines is 1. The molecule has 4 rings (SSSR count). The summed E-state index contributed by atoms with van der Waals surface area (Å²) < 4.78 is 2.33. The molecule has 6 heteroatoms. The zero-order chi connectivity index (χ0) is 16.8. The van der Waals surface area contributed by atoms with Crippen LogP contribution in [0, 0.1) is 0 Å². The number of hydrogen-bond acceptors (Lipinski definition) is 3. The van der Waals surface area contributed by atoms with Crippen molar-refractivity contribution in [3.8, 4) is 0 Å². The third-order valence-electron chi connectivity index (χ3n) is 5.14. The lowest BCUT2D eigenvalue weighted by atomic mass is 9.93. The minimum absolute atomic E-state index is 0.217. The molecule has 0 bridgehead atoms. The fourth-order valence-corrected chi connectivity index (χ4v) is 3.49. The maximum atomic E-state index is 12.1. The molecule has 0 aromatic carbocycles. The topological polar surface area (TPSA) is 67.2 Å². The Morgan fingerprint density at radius 2 is 2.08 bits per heavy atom. The van der Waals surface area contributed by atoms with Crippen molar-refractivity contribution in [2.75, 3.05) is 11.4 Å². The van der Waals surface area contributed by atoms with Crippen LogP contribution in [0.1, 0.15) is 57.1 Å². The van der Waals surface area contributed by atoms with E-state index in [0.717, 1.165) is 16.7 Å². The van der Waals surface area contributed by atoms with E-state index in [2.05, 4.69) is 34.9 Å². The largest absolute Gasteiger partial charge is 0.343 e. The third-order valence-corrected chi connectivity index (χ3v) is 5.14. The number of nitrogens with one attached hydrogen (secondary N) is 1. The minimum Gasteiger partial charge on any atom is -0.343 e. The van der Waals surface area contributed by atoms with E-state index in [0.29, 0.717) is 24.9 Å². The second-order valence-electron chi connectivity index (χ2n) is 7.05. The molecule has 1 aliphatic carbocycles. The van der Waals surface area contributed by atoms with Gasteiger partial charge in [0.05, 0.1) is 22.9 Å². The van der Waals surface area contributed by atoms with E-state index in [-0.39, 0.29) is 11.9 Å². The maximum Gasteiger partial charge on any atom is 0.328 e. The number of hydrogen-bond donors (Lipinski definition) is 1. The Morgan fingerprint density at radius 3 is 2.71 bits per heavy atom. The summed E-state index contributed by atoms with van der Waals surface area (Å²) in [5.74, 6) is 0.188. The van der Waals surface area contributed by atoms with Gasteiger partial charge in [0, 0.05) is 25.2 Å². The molecule has 1 aliphatic heterocycles. The first-order valence-electron chi connectivity index (χ1n) is 8.66. The normalized spacial score (nSPS) is 19.0. The summed E-state index contributed by atoms with van der Waals surface area (Å²) in [7, 11) is 0. The number of carbonyl (C=O) groups excluding carboxylic acids is 2. The lowest BCUT2D eigenvalue weighted by Crippen LogP contribution is -2.49. The fourth-order valence-electron chi connectivity index (χ4n) is 3.49. The van der Waals surface area contributed by atoms with Crippen LogP contribution >= 0.6 is 0 Å². The summed E-state index contributed by atoms with van der Waals surface area (Å²) in [6, 6.07) is 2.22. The lowest BCUT2D eigenvalue weighted by molar-refractivity contribution is -0.120. The molecule has 3 amide bonds. The van der Waals surface area contributed by atoms with Gasteiger partial charge in [-0.2, -0.15) is 0 Å². The Morgan fingerprint density at radius 1 is 1.29 bits per heavy atom. The summed E-state index contributed by atoms with van der Waals surface area (Å²) in [6.07, 6.45) is 7.97. The predicted octanol–water partition coefficient (Wildman–Crippen LogP) is 3.33. The smallest absolute Gasteiger partial charge is 0.328 e. The van der Waals surface area contributed by atoms with Crippen molar-refractivity contribution < 1.29 is 9.59 Å². The molecule has 6 nitrogen and oxygen atoms in total. The Hall–Kier alpha value is -2.37. The second kappa shape index (κ2) is 5.61. The molecule has 3 heterocycles. The molecule has 1 N–H and O–H groups in total. The van der Waals surface area contributed by atoms with Crippen LogP contribution in [-0.2, 0) is 4.79 Å². The van der Waals surface area contributed by atoms with Crippen molar-refractivity contribution in [2.45, 2.75) is 51.5 Å². The van der Waals surface area contributed by atoms with Crippen LogP contribution in [0.3, 0.4) is 0 Å². The van der Waals surface area contributed by atoms with E-state index in [1.807, 2.05) is 6.07 Å². The van der Waals surface area contributed by atoms with Crippen molar-refractivity contribution >= 4 is 28.7 Å². The third kappa shape index (κ3) is 2.37. The van der Waals surface area contributed by atoms with Crippen LogP contribution < -0.4 is 10.2 Å². The Balaban J connectivity index is 1.79. The molecule has 2 fully saturated rings. The van der Waals surface area contributed by atoms with Gasteiger partial charge in [0.1, 0.15) is 0 Å². The van der Waals surface area contributed by atoms with Gasteiger partial charge in [-0.3, -0.25) is 20.0 Å². The van der Waals surface area contributed by atoms with E-state index >= 15 is 0 Å². The quantitative estimate of drug-likeness (QED) is 0.941. The molecule has 24 heavy (non-hydrogen) atoms. The van der Waals surface area contributed by atoms with Gasteiger partial charge in [-0.25, -0.2) is 4.79 Å².